The lowest BCUT2D eigenvalue weighted by Gasteiger charge is -2.31. The summed E-state index contributed by atoms with van der Waals surface area (Å²) in [6.45, 7) is 1.60. The van der Waals surface area contributed by atoms with Crippen LogP contribution in [0.25, 0.3) is 11.4 Å². The first-order chi connectivity index (χ1) is 10.3. The van der Waals surface area contributed by atoms with Gasteiger partial charge in [-0.25, -0.2) is 0 Å². The van der Waals surface area contributed by atoms with Crippen molar-refractivity contribution in [1.29, 1.82) is 0 Å². The minimum Gasteiger partial charge on any atom is -0.342 e. The Morgan fingerprint density at radius 3 is 3.05 bits per heavy atom. The van der Waals surface area contributed by atoms with Crippen LogP contribution in [0.1, 0.15) is 37.5 Å². The van der Waals surface area contributed by atoms with Gasteiger partial charge in [-0.1, -0.05) is 5.16 Å². The molecule has 2 fully saturated rings. The maximum atomic E-state index is 12.2. The fourth-order valence-electron chi connectivity index (χ4n) is 2.88. The molecule has 6 heteroatoms. The normalized spacial score (nSPS) is 22.5. The molecule has 1 amide bonds. The zero-order valence-corrected chi connectivity index (χ0v) is 12.5. The summed E-state index contributed by atoms with van der Waals surface area (Å²) in [6.07, 6.45) is 4.14. The molecule has 0 aromatic carbocycles. The van der Waals surface area contributed by atoms with Gasteiger partial charge >= 0.3 is 0 Å². The third-order valence-electron chi connectivity index (χ3n) is 4.23. The van der Waals surface area contributed by atoms with E-state index in [0.717, 1.165) is 44.3 Å². The summed E-state index contributed by atoms with van der Waals surface area (Å²) in [5.41, 5.74) is 0.997. The predicted octanol–water partition coefficient (Wildman–Crippen LogP) is 2.91. The standard InChI is InChI=1S/C15H17N3O2S/c19-15(10-3-4-10)18-6-1-2-11(8-18)14-16-13(17-20-14)12-5-7-21-9-12/h5,7,9-11H,1-4,6,8H2/t11-/m0/s1. The molecule has 2 aromatic rings. The van der Waals surface area contributed by atoms with Crippen LogP contribution >= 0.6 is 11.3 Å². The Hall–Kier alpha value is -1.69. The van der Waals surface area contributed by atoms with Crippen LogP contribution in [0.3, 0.4) is 0 Å². The van der Waals surface area contributed by atoms with Gasteiger partial charge in [-0.05, 0) is 37.1 Å². The predicted molar refractivity (Wildman–Crippen MR) is 78.9 cm³/mol. The van der Waals surface area contributed by atoms with Crippen molar-refractivity contribution in [2.45, 2.75) is 31.6 Å². The Labute approximate surface area is 127 Å². The van der Waals surface area contributed by atoms with Crippen LogP contribution in [-0.2, 0) is 4.79 Å². The molecule has 0 spiro atoms. The van der Waals surface area contributed by atoms with Crippen molar-refractivity contribution in [2.24, 2.45) is 5.92 Å². The lowest BCUT2D eigenvalue weighted by molar-refractivity contribution is -0.133. The van der Waals surface area contributed by atoms with Crippen LogP contribution < -0.4 is 0 Å². The molecule has 0 bridgehead atoms. The van der Waals surface area contributed by atoms with E-state index < -0.39 is 0 Å². The van der Waals surface area contributed by atoms with E-state index in [9.17, 15) is 4.79 Å². The summed E-state index contributed by atoms with van der Waals surface area (Å²) in [7, 11) is 0. The van der Waals surface area contributed by atoms with Gasteiger partial charge in [0.25, 0.3) is 0 Å². The number of hydrogen-bond donors (Lipinski definition) is 0. The van der Waals surface area contributed by atoms with Crippen LogP contribution in [0.15, 0.2) is 21.3 Å². The molecular formula is C15H17N3O2S. The van der Waals surface area contributed by atoms with Crippen molar-refractivity contribution in [3.05, 3.63) is 22.7 Å². The van der Waals surface area contributed by atoms with E-state index in [4.69, 9.17) is 4.52 Å². The summed E-state index contributed by atoms with van der Waals surface area (Å²) < 4.78 is 5.44. The van der Waals surface area contributed by atoms with Gasteiger partial charge in [-0.2, -0.15) is 16.3 Å². The third-order valence-corrected chi connectivity index (χ3v) is 4.91. The second-order valence-corrected chi connectivity index (χ2v) is 6.65. The molecular weight excluding hydrogens is 286 g/mol. The van der Waals surface area contributed by atoms with Crippen molar-refractivity contribution in [3.8, 4) is 11.4 Å². The Kier molecular flexibility index (Phi) is 3.25. The molecule has 2 aliphatic rings. The lowest BCUT2D eigenvalue weighted by Crippen LogP contribution is -2.40. The van der Waals surface area contributed by atoms with Crippen molar-refractivity contribution in [3.63, 3.8) is 0 Å². The van der Waals surface area contributed by atoms with E-state index in [2.05, 4.69) is 10.1 Å². The topological polar surface area (TPSA) is 59.2 Å². The number of aromatic nitrogens is 2. The van der Waals surface area contributed by atoms with Gasteiger partial charge in [0.15, 0.2) is 0 Å². The number of piperidine rings is 1. The molecule has 2 aromatic heterocycles. The first-order valence-corrected chi connectivity index (χ1v) is 8.40. The van der Waals surface area contributed by atoms with Crippen molar-refractivity contribution in [1.82, 2.24) is 15.0 Å². The van der Waals surface area contributed by atoms with Gasteiger partial charge in [0.05, 0.1) is 5.92 Å². The summed E-state index contributed by atoms with van der Waals surface area (Å²) >= 11 is 1.62. The number of likely N-dealkylation sites (tertiary alicyclic amines) is 1. The minimum absolute atomic E-state index is 0.182. The van der Waals surface area contributed by atoms with Crippen LogP contribution in [0.4, 0.5) is 0 Å². The summed E-state index contributed by atoms with van der Waals surface area (Å²) in [6, 6.07) is 1.99. The van der Waals surface area contributed by atoms with E-state index in [-0.39, 0.29) is 11.8 Å². The first-order valence-electron chi connectivity index (χ1n) is 7.46. The smallest absolute Gasteiger partial charge is 0.231 e. The molecule has 0 unspecified atom stereocenters. The van der Waals surface area contributed by atoms with Crippen LogP contribution in [-0.4, -0.2) is 34.0 Å². The molecule has 1 saturated heterocycles. The quantitative estimate of drug-likeness (QED) is 0.874. The molecule has 1 aliphatic carbocycles. The fraction of sp³-hybridized carbons (Fsp3) is 0.533. The highest BCUT2D eigenvalue weighted by atomic mass is 32.1. The number of nitrogens with zero attached hydrogens (tertiary/aromatic N) is 3. The van der Waals surface area contributed by atoms with Gasteiger partial charge in [0.1, 0.15) is 0 Å². The number of rotatable bonds is 3. The average molecular weight is 303 g/mol. The largest absolute Gasteiger partial charge is 0.342 e. The molecule has 3 heterocycles. The summed E-state index contributed by atoms with van der Waals surface area (Å²) in [4.78, 5) is 18.7. The molecule has 21 heavy (non-hydrogen) atoms. The maximum absolute atomic E-state index is 12.2. The van der Waals surface area contributed by atoms with E-state index in [1.165, 1.54) is 0 Å². The Balaban J connectivity index is 1.49. The van der Waals surface area contributed by atoms with Gasteiger partial charge < -0.3 is 9.42 Å². The summed E-state index contributed by atoms with van der Waals surface area (Å²) in [5.74, 6) is 2.10. The Bertz CT molecular complexity index is 633. The van der Waals surface area contributed by atoms with Crippen molar-refractivity contribution in [2.75, 3.05) is 13.1 Å². The highest BCUT2D eigenvalue weighted by Crippen LogP contribution is 2.34. The maximum Gasteiger partial charge on any atom is 0.231 e. The highest BCUT2D eigenvalue weighted by molar-refractivity contribution is 7.08. The molecule has 1 aliphatic heterocycles. The number of hydrogen-bond acceptors (Lipinski definition) is 5. The van der Waals surface area contributed by atoms with Gasteiger partial charge in [0.2, 0.25) is 17.6 Å². The molecule has 4 rings (SSSR count). The fourth-order valence-corrected chi connectivity index (χ4v) is 3.51. The number of amides is 1. The van der Waals surface area contributed by atoms with E-state index >= 15 is 0 Å². The average Bonchev–Trinajstić information content (AvgIpc) is 3.03. The van der Waals surface area contributed by atoms with Gasteiger partial charge in [-0.3, -0.25) is 4.79 Å². The zero-order valence-electron chi connectivity index (χ0n) is 11.7. The number of thiophene rings is 1. The molecule has 0 N–H and O–H groups in total. The first kappa shape index (κ1) is 13.0. The zero-order chi connectivity index (χ0) is 14.2. The molecule has 1 saturated carbocycles. The SMILES string of the molecule is O=C(C1CC1)N1CCC[C@H](c2nc(-c3ccsc3)no2)C1. The molecule has 0 radical (unpaired) electrons. The van der Waals surface area contributed by atoms with E-state index in [1.807, 2.05) is 21.7 Å². The van der Waals surface area contributed by atoms with Crippen molar-refractivity contribution < 1.29 is 9.32 Å². The molecule has 110 valence electrons. The van der Waals surface area contributed by atoms with Crippen LogP contribution in [0, 0.1) is 5.92 Å². The molecule has 1 atom stereocenters. The number of carbonyl (C=O) groups is 1. The summed E-state index contributed by atoms with van der Waals surface area (Å²) in [5, 5.41) is 8.08. The van der Waals surface area contributed by atoms with Crippen LogP contribution in [0.2, 0.25) is 0 Å². The monoisotopic (exact) mass is 303 g/mol. The Morgan fingerprint density at radius 2 is 2.29 bits per heavy atom. The third kappa shape index (κ3) is 2.60. The van der Waals surface area contributed by atoms with Crippen molar-refractivity contribution >= 4 is 17.2 Å². The highest BCUT2D eigenvalue weighted by Gasteiger charge is 2.36. The second-order valence-electron chi connectivity index (χ2n) is 5.87. The van der Waals surface area contributed by atoms with E-state index in [0.29, 0.717) is 17.6 Å². The number of carbonyl (C=O) groups excluding carboxylic acids is 1. The van der Waals surface area contributed by atoms with Gasteiger partial charge in [-0.15, -0.1) is 0 Å². The molecule has 5 nitrogen and oxygen atoms in total. The van der Waals surface area contributed by atoms with Crippen LogP contribution in [0.5, 0.6) is 0 Å². The van der Waals surface area contributed by atoms with E-state index in [1.54, 1.807) is 11.3 Å². The lowest BCUT2D eigenvalue weighted by atomic mass is 9.97. The minimum atomic E-state index is 0.182. The Morgan fingerprint density at radius 1 is 1.38 bits per heavy atom. The second kappa shape index (κ2) is 5.26. The van der Waals surface area contributed by atoms with Gasteiger partial charge in [0, 0.05) is 30.0 Å².